The van der Waals surface area contributed by atoms with Gasteiger partial charge in [0.15, 0.2) is 0 Å². The summed E-state index contributed by atoms with van der Waals surface area (Å²) in [4.78, 5) is 11.4. The number of carbonyl (C=O) groups is 1. The van der Waals surface area contributed by atoms with Gasteiger partial charge in [0.2, 0.25) is 0 Å². The van der Waals surface area contributed by atoms with Gasteiger partial charge in [0.25, 0.3) is 0 Å². The highest BCUT2D eigenvalue weighted by atomic mass is 16.2. The van der Waals surface area contributed by atoms with Crippen LogP contribution in [0.3, 0.4) is 0 Å². The third kappa shape index (κ3) is 4.20. The summed E-state index contributed by atoms with van der Waals surface area (Å²) in [6.07, 6.45) is 3.65. The van der Waals surface area contributed by atoms with Crippen LogP contribution >= 0.6 is 0 Å². The van der Waals surface area contributed by atoms with Crippen LogP contribution in [0.4, 0.5) is 4.79 Å². The first-order chi connectivity index (χ1) is 7.11. The van der Waals surface area contributed by atoms with Crippen molar-refractivity contribution in [1.82, 2.24) is 10.6 Å². The molecule has 1 fully saturated rings. The molecule has 1 aliphatic rings. The summed E-state index contributed by atoms with van der Waals surface area (Å²) in [6, 6.07) is 2.60. The predicted octanol–water partition coefficient (Wildman–Crippen LogP) is 1.78. The Labute approximate surface area is 91.0 Å². The maximum absolute atomic E-state index is 11.4. The summed E-state index contributed by atoms with van der Waals surface area (Å²) in [5, 5.41) is 14.5. The van der Waals surface area contributed by atoms with Crippen LogP contribution in [0.25, 0.3) is 0 Å². The van der Waals surface area contributed by atoms with Crippen molar-refractivity contribution in [3.8, 4) is 6.07 Å². The van der Waals surface area contributed by atoms with Crippen LogP contribution in [0, 0.1) is 17.2 Å². The van der Waals surface area contributed by atoms with Gasteiger partial charge in [-0.2, -0.15) is 5.26 Å². The minimum Gasteiger partial charge on any atom is -0.336 e. The molecule has 1 aliphatic carbocycles. The topological polar surface area (TPSA) is 64.9 Å². The molecule has 0 atom stereocenters. The molecular weight excluding hydrogens is 190 g/mol. The van der Waals surface area contributed by atoms with Gasteiger partial charge in [0, 0.05) is 18.0 Å². The summed E-state index contributed by atoms with van der Waals surface area (Å²) >= 11 is 0. The standard InChI is InChI=1S/C11H19N3O/c1-8(2)13-11(15)14-10-5-3-9(7-12)4-6-10/h8-10H,3-6H2,1-2H3,(H2,13,14,15). The van der Waals surface area contributed by atoms with E-state index in [2.05, 4.69) is 16.7 Å². The second-order valence-electron chi connectivity index (χ2n) is 4.45. The Hall–Kier alpha value is -1.24. The van der Waals surface area contributed by atoms with Gasteiger partial charge in [-0.25, -0.2) is 4.79 Å². The largest absolute Gasteiger partial charge is 0.336 e. The molecule has 4 nitrogen and oxygen atoms in total. The van der Waals surface area contributed by atoms with Crippen molar-refractivity contribution in [1.29, 1.82) is 5.26 Å². The highest BCUT2D eigenvalue weighted by molar-refractivity contribution is 5.74. The third-order valence-electron chi connectivity index (χ3n) is 2.66. The summed E-state index contributed by atoms with van der Waals surface area (Å²) < 4.78 is 0. The Balaban J connectivity index is 2.24. The molecule has 1 saturated carbocycles. The van der Waals surface area contributed by atoms with Gasteiger partial charge < -0.3 is 10.6 Å². The molecule has 0 bridgehead atoms. The van der Waals surface area contributed by atoms with E-state index in [0.29, 0.717) is 0 Å². The van der Waals surface area contributed by atoms with Gasteiger partial charge >= 0.3 is 6.03 Å². The maximum Gasteiger partial charge on any atom is 0.315 e. The first kappa shape index (κ1) is 11.8. The molecule has 0 aromatic carbocycles. The molecule has 2 N–H and O–H groups in total. The lowest BCUT2D eigenvalue weighted by Crippen LogP contribution is -2.45. The van der Waals surface area contributed by atoms with Gasteiger partial charge in [-0.05, 0) is 39.5 Å². The number of urea groups is 1. The predicted molar refractivity (Wildman–Crippen MR) is 58.2 cm³/mol. The summed E-state index contributed by atoms with van der Waals surface area (Å²) in [7, 11) is 0. The van der Waals surface area contributed by atoms with Crippen LogP contribution < -0.4 is 10.6 Å². The van der Waals surface area contributed by atoms with E-state index in [0.717, 1.165) is 25.7 Å². The van der Waals surface area contributed by atoms with Gasteiger partial charge in [-0.1, -0.05) is 0 Å². The molecule has 1 rings (SSSR count). The van der Waals surface area contributed by atoms with E-state index in [1.165, 1.54) is 0 Å². The number of nitrogens with zero attached hydrogens (tertiary/aromatic N) is 1. The number of hydrogen-bond donors (Lipinski definition) is 2. The summed E-state index contributed by atoms with van der Waals surface area (Å²) in [5.74, 6) is 0.191. The molecular formula is C11H19N3O. The SMILES string of the molecule is CC(C)NC(=O)NC1CCC(C#N)CC1. The molecule has 2 amide bonds. The molecule has 0 aromatic heterocycles. The van der Waals surface area contributed by atoms with Crippen LogP contribution in [-0.2, 0) is 0 Å². The lowest BCUT2D eigenvalue weighted by atomic mass is 9.87. The zero-order chi connectivity index (χ0) is 11.3. The Bertz CT molecular complexity index is 249. The van der Waals surface area contributed by atoms with E-state index < -0.39 is 0 Å². The minimum atomic E-state index is -0.0922. The van der Waals surface area contributed by atoms with Crippen molar-refractivity contribution < 1.29 is 4.79 Å². The number of nitriles is 1. The van der Waals surface area contributed by atoms with E-state index in [4.69, 9.17) is 5.26 Å². The molecule has 0 heterocycles. The van der Waals surface area contributed by atoms with Crippen molar-refractivity contribution in [2.24, 2.45) is 5.92 Å². The molecule has 0 radical (unpaired) electrons. The molecule has 84 valence electrons. The highest BCUT2D eigenvalue weighted by Crippen LogP contribution is 2.23. The third-order valence-corrected chi connectivity index (χ3v) is 2.66. The zero-order valence-corrected chi connectivity index (χ0v) is 9.42. The summed E-state index contributed by atoms with van der Waals surface area (Å²) in [6.45, 7) is 3.87. The fourth-order valence-electron chi connectivity index (χ4n) is 1.86. The molecule has 0 aliphatic heterocycles. The monoisotopic (exact) mass is 209 g/mol. The molecule has 0 unspecified atom stereocenters. The van der Waals surface area contributed by atoms with Crippen molar-refractivity contribution in [2.45, 2.75) is 51.6 Å². The van der Waals surface area contributed by atoms with E-state index in [9.17, 15) is 4.79 Å². The molecule has 0 aromatic rings. The van der Waals surface area contributed by atoms with E-state index in [1.54, 1.807) is 0 Å². The Morgan fingerprint density at radius 3 is 2.40 bits per heavy atom. The number of rotatable bonds is 2. The van der Waals surface area contributed by atoms with Crippen LogP contribution in [-0.4, -0.2) is 18.1 Å². The van der Waals surface area contributed by atoms with Crippen LogP contribution in [0.15, 0.2) is 0 Å². The van der Waals surface area contributed by atoms with Gasteiger partial charge in [0.1, 0.15) is 0 Å². The second-order valence-corrected chi connectivity index (χ2v) is 4.45. The Morgan fingerprint density at radius 1 is 1.33 bits per heavy atom. The Kier molecular flexibility index (Phi) is 4.41. The lowest BCUT2D eigenvalue weighted by Gasteiger charge is -2.26. The first-order valence-electron chi connectivity index (χ1n) is 5.58. The molecule has 0 spiro atoms. The van der Waals surface area contributed by atoms with Gasteiger partial charge in [0.05, 0.1) is 6.07 Å². The van der Waals surface area contributed by atoms with E-state index in [-0.39, 0.29) is 24.0 Å². The lowest BCUT2D eigenvalue weighted by molar-refractivity contribution is 0.228. The molecule has 15 heavy (non-hydrogen) atoms. The maximum atomic E-state index is 11.4. The van der Waals surface area contributed by atoms with Crippen LogP contribution in [0.5, 0.6) is 0 Å². The van der Waals surface area contributed by atoms with Crippen LogP contribution in [0.2, 0.25) is 0 Å². The molecule has 0 saturated heterocycles. The minimum absolute atomic E-state index is 0.0922. The summed E-state index contributed by atoms with van der Waals surface area (Å²) in [5.41, 5.74) is 0. The Morgan fingerprint density at radius 2 is 1.93 bits per heavy atom. The normalized spacial score (nSPS) is 25.7. The number of nitrogens with one attached hydrogen (secondary N) is 2. The van der Waals surface area contributed by atoms with Crippen molar-refractivity contribution in [3.05, 3.63) is 0 Å². The average Bonchev–Trinajstić information content (AvgIpc) is 2.17. The van der Waals surface area contributed by atoms with Gasteiger partial charge in [-0.15, -0.1) is 0 Å². The van der Waals surface area contributed by atoms with E-state index in [1.807, 2.05) is 13.8 Å². The van der Waals surface area contributed by atoms with Gasteiger partial charge in [-0.3, -0.25) is 0 Å². The van der Waals surface area contributed by atoms with Crippen molar-refractivity contribution in [2.75, 3.05) is 0 Å². The highest BCUT2D eigenvalue weighted by Gasteiger charge is 2.21. The fourth-order valence-corrected chi connectivity index (χ4v) is 1.86. The number of carbonyl (C=O) groups excluding carboxylic acids is 1. The smallest absolute Gasteiger partial charge is 0.315 e. The van der Waals surface area contributed by atoms with E-state index >= 15 is 0 Å². The quantitative estimate of drug-likeness (QED) is 0.728. The molecule has 4 heteroatoms. The number of amides is 2. The fraction of sp³-hybridized carbons (Fsp3) is 0.818. The average molecular weight is 209 g/mol. The number of hydrogen-bond acceptors (Lipinski definition) is 2. The first-order valence-corrected chi connectivity index (χ1v) is 5.58. The zero-order valence-electron chi connectivity index (χ0n) is 9.42. The van der Waals surface area contributed by atoms with Crippen molar-refractivity contribution in [3.63, 3.8) is 0 Å². The second kappa shape index (κ2) is 5.59. The van der Waals surface area contributed by atoms with Crippen molar-refractivity contribution >= 4 is 6.03 Å². The van der Waals surface area contributed by atoms with Crippen LogP contribution in [0.1, 0.15) is 39.5 Å².